The number of aromatic nitrogens is 3. The second-order valence-corrected chi connectivity index (χ2v) is 14.0. The molecule has 9 aromatic rings. The number of benzene rings is 8. The Balaban J connectivity index is 1.18. The van der Waals surface area contributed by atoms with Crippen molar-refractivity contribution in [2.24, 2.45) is 0 Å². The molecule has 1 heterocycles. The Morgan fingerprint density at radius 1 is 0.353 bits per heavy atom. The van der Waals surface area contributed by atoms with Crippen LogP contribution < -0.4 is 0 Å². The van der Waals surface area contributed by atoms with E-state index in [9.17, 15) is 0 Å². The molecular formula is C48H33N3. The minimum atomic E-state index is -0.115. The number of hydrogen-bond acceptors (Lipinski definition) is 3. The highest BCUT2D eigenvalue weighted by Gasteiger charge is 2.37. The molecule has 0 fully saturated rings. The number of hydrogen-bond donors (Lipinski definition) is 0. The van der Waals surface area contributed by atoms with E-state index in [1.807, 2.05) is 24.3 Å². The number of nitrogens with zero attached hydrogens (tertiary/aromatic N) is 3. The number of rotatable bonds is 4. The van der Waals surface area contributed by atoms with Gasteiger partial charge < -0.3 is 0 Å². The molecular weight excluding hydrogens is 619 g/mol. The summed E-state index contributed by atoms with van der Waals surface area (Å²) in [6.07, 6.45) is 0. The van der Waals surface area contributed by atoms with Crippen molar-refractivity contribution in [1.82, 2.24) is 15.0 Å². The first kappa shape index (κ1) is 29.5. The molecule has 0 amide bonds. The van der Waals surface area contributed by atoms with Crippen molar-refractivity contribution >= 4 is 32.3 Å². The SMILES string of the molecule is CC1(C)c2ccccc2-c2ccc3c4ccc(-c5nc(-c6ccccc6)nc(-c6ccc(-c7ccccc7)cc6)n5)cc4c4ccccc4c3c21. The Morgan fingerprint density at radius 3 is 1.55 bits per heavy atom. The summed E-state index contributed by atoms with van der Waals surface area (Å²) >= 11 is 0. The van der Waals surface area contributed by atoms with E-state index in [0.717, 1.165) is 22.3 Å². The lowest BCUT2D eigenvalue weighted by atomic mass is 9.78. The van der Waals surface area contributed by atoms with Gasteiger partial charge in [-0.05, 0) is 71.8 Å². The van der Waals surface area contributed by atoms with Crippen LogP contribution in [0.2, 0.25) is 0 Å². The predicted octanol–water partition coefficient (Wildman–Crippen LogP) is 12.3. The molecule has 0 saturated heterocycles. The third-order valence-electron chi connectivity index (χ3n) is 10.7. The molecule has 1 aliphatic rings. The molecule has 10 rings (SSSR count). The van der Waals surface area contributed by atoms with Gasteiger partial charge in [-0.1, -0.05) is 172 Å². The van der Waals surface area contributed by atoms with Crippen molar-refractivity contribution in [3.05, 3.63) is 175 Å². The first-order valence-corrected chi connectivity index (χ1v) is 17.5. The predicted molar refractivity (Wildman–Crippen MR) is 212 cm³/mol. The molecule has 51 heavy (non-hydrogen) atoms. The second kappa shape index (κ2) is 11.3. The van der Waals surface area contributed by atoms with Crippen molar-refractivity contribution < 1.29 is 0 Å². The van der Waals surface area contributed by atoms with Crippen LogP contribution in [0.15, 0.2) is 164 Å². The van der Waals surface area contributed by atoms with E-state index in [0.29, 0.717) is 17.5 Å². The maximum Gasteiger partial charge on any atom is 0.164 e. The fourth-order valence-corrected chi connectivity index (χ4v) is 8.25. The monoisotopic (exact) mass is 651 g/mol. The highest BCUT2D eigenvalue weighted by molar-refractivity contribution is 6.27. The maximum atomic E-state index is 5.12. The Morgan fingerprint density at radius 2 is 0.824 bits per heavy atom. The van der Waals surface area contributed by atoms with Crippen LogP contribution in [0, 0.1) is 0 Å². The Bertz CT molecular complexity index is 2780. The molecule has 0 N–H and O–H groups in total. The lowest BCUT2D eigenvalue weighted by Gasteiger charge is -2.24. The summed E-state index contributed by atoms with van der Waals surface area (Å²) in [6.45, 7) is 4.74. The van der Waals surface area contributed by atoms with Crippen molar-refractivity contribution in [1.29, 1.82) is 0 Å². The van der Waals surface area contributed by atoms with Crippen molar-refractivity contribution in [2.45, 2.75) is 19.3 Å². The minimum Gasteiger partial charge on any atom is -0.208 e. The third kappa shape index (κ3) is 4.62. The van der Waals surface area contributed by atoms with Crippen molar-refractivity contribution in [2.75, 3.05) is 0 Å². The molecule has 0 bridgehead atoms. The van der Waals surface area contributed by atoms with E-state index >= 15 is 0 Å². The van der Waals surface area contributed by atoms with Crippen LogP contribution in [0.3, 0.4) is 0 Å². The molecule has 0 saturated carbocycles. The lowest BCUT2D eigenvalue weighted by molar-refractivity contribution is 0.666. The molecule has 3 heteroatoms. The first-order valence-electron chi connectivity index (χ1n) is 17.5. The summed E-state index contributed by atoms with van der Waals surface area (Å²) in [7, 11) is 0. The van der Waals surface area contributed by atoms with Gasteiger partial charge in [0.05, 0.1) is 0 Å². The summed E-state index contributed by atoms with van der Waals surface area (Å²) in [6, 6.07) is 58.2. The molecule has 0 aliphatic heterocycles. The molecule has 0 unspecified atom stereocenters. The van der Waals surface area contributed by atoms with Crippen LogP contribution in [0.4, 0.5) is 0 Å². The van der Waals surface area contributed by atoms with E-state index < -0.39 is 0 Å². The van der Waals surface area contributed by atoms with Gasteiger partial charge in [0.1, 0.15) is 0 Å². The number of fused-ring (bicyclic) bond motifs is 10. The second-order valence-electron chi connectivity index (χ2n) is 14.0. The van der Waals surface area contributed by atoms with Gasteiger partial charge in [0, 0.05) is 22.1 Å². The Labute approximate surface area is 297 Å². The zero-order valence-corrected chi connectivity index (χ0v) is 28.4. The summed E-state index contributed by atoms with van der Waals surface area (Å²) in [4.78, 5) is 15.2. The molecule has 0 spiro atoms. The molecule has 0 atom stereocenters. The molecule has 240 valence electrons. The zero-order valence-electron chi connectivity index (χ0n) is 28.4. The summed E-state index contributed by atoms with van der Waals surface area (Å²) in [5.74, 6) is 1.96. The highest BCUT2D eigenvalue weighted by Crippen LogP contribution is 2.53. The topological polar surface area (TPSA) is 38.7 Å². The summed E-state index contributed by atoms with van der Waals surface area (Å²) < 4.78 is 0. The quantitative estimate of drug-likeness (QED) is 0.178. The third-order valence-corrected chi connectivity index (χ3v) is 10.7. The van der Waals surface area contributed by atoms with Gasteiger partial charge in [-0.2, -0.15) is 0 Å². The molecule has 8 aromatic carbocycles. The van der Waals surface area contributed by atoms with Gasteiger partial charge in [-0.15, -0.1) is 0 Å². The average molecular weight is 652 g/mol. The van der Waals surface area contributed by atoms with E-state index in [1.54, 1.807) is 0 Å². The fraction of sp³-hybridized carbons (Fsp3) is 0.0625. The van der Waals surface area contributed by atoms with E-state index in [1.165, 1.54) is 60.1 Å². The van der Waals surface area contributed by atoms with Crippen LogP contribution in [-0.4, -0.2) is 15.0 Å². The lowest BCUT2D eigenvalue weighted by Crippen LogP contribution is -2.15. The summed E-state index contributed by atoms with van der Waals surface area (Å²) in [5, 5.41) is 7.55. The maximum absolute atomic E-state index is 5.12. The fourth-order valence-electron chi connectivity index (χ4n) is 8.25. The molecule has 1 aromatic heterocycles. The van der Waals surface area contributed by atoms with Gasteiger partial charge in [-0.3, -0.25) is 0 Å². The van der Waals surface area contributed by atoms with Crippen LogP contribution in [0.25, 0.3) is 88.7 Å². The Kier molecular flexibility index (Phi) is 6.53. The highest BCUT2D eigenvalue weighted by atomic mass is 15.0. The zero-order chi connectivity index (χ0) is 34.1. The average Bonchev–Trinajstić information content (AvgIpc) is 3.44. The minimum absolute atomic E-state index is 0.115. The van der Waals surface area contributed by atoms with Crippen molar-refractivity contribution in [3.63, 3.8) is 0 Å². The van der Waals surface area contributed by atoms with Gasteiger partial charge in [-0.25, -0.2) is 15.0 Å². The van der Waals surface area contributed by atoms with Crippen molar-refractivity contribution in [3.8, 4) is 56.4 Å². The smallest absolute Gasteiger partial charge is 0.164 e. The van der Waals surface area contributed by atoms with Crippen LogP contribution in [0.1, 0.15) is 25.0 Å². The normalized spacial score (nSPS) is 13.1. The van der Waals surface area contributed by atoms with Crippen LogP contribution in [-0.2, 0) is 5.41 Å². The van der Waals surface area contributed by atoms with Gasteiger partial charge >= 0.3 is 0 Å². The standard InChI is InChI=1S/C48H33N3/c1-48(2)42-20-12-11-18-37(42)40-28-27-39-36-26-25-34(29-41(36)35-17-9-10-19-38(35)43(39)44(40)48)47-50-45(32-15-7-4-8-16-32)49-46(51-47)33-23-21-31(22-24-33)30-13-5-3-6-14-30/h3-29H,1-2H3. The Hall–Kier alpha value is -6.45. The van der Waals surface area contributed by atoms with E-state index in [-0.39, 0.29) is 5.41 Å². The molecule has 1 aliphatic carbocycles. The van der Waals surface area contributed by atoms with Crippen LogP contribution in [0.5, 0.6) is 0 Å². The van der Waals surface area contributed by atoms with Crippen LogP contribution >= 0.6 is 0 Å². The largest absolute Gasteiger partial charge is 0.208 e. The molecule has 0 radical (unpaired) electrons. The van der Waals surface area contributed by atoms with E-state index in [4.69, 9.17) is 15.0 Å². The van der Waals surface area contributed by atoms with Gasteiger partial charge in [0.25, 0.3) is 0 Å². The summed E-state index contributed by atoms with van der Waals surface area (Å²) in [5.41, 5.74) is 10.6. The molecule has 3 nitrogen and oxygen atoms in total. The van der Waals surface area contributed by atoms with E-state index in [2.05, 4.69) is 153 Å². The first-order chi connectivity index (χ1) is 25.0. The van der Waals surface area contributed by atoms with Gasteiger partial charge in [0.15, 0.2) is 17.5 Å². The van der Waals surface area contributed by atoms with Gasteiger partial charge in [0.2, 0.25) is 0 Å².